The van der Waals surface area contributed by atoms with E-state index in [1.165, 1.54) is 22.4 Å². The summed E-state index contributed by atoms with van der Waals surface area (Å²) in [7, 11) is -1.94. The van der Waals surface area contributed by atoms with Crippen LogP contribution in [0.4, 0.5) is 29.3 Å². The maximum Gasteiger partial charge on any atom is 0.407 e. The Morgan fingerprint density at radius 3 is 2.31 bits per heavy atom. The normalized spacial score (nSPS) is 21.2. The van der Waals surface area contributed by atoms with Gasteiger partial charge in [-0.25, -0.2) is 19.2 Å². The van der Waals surface area contributed by atoms with Crippen molar-refractivity contribution in [3.8, 4) is 11.3 Å². The Morgan fingerprint density at radius 2 is 1.69 bits per heavy atom. The number of piperazine rings is 1. The van der Waals surface area contributed by atoms with Gasteiger partial charge in [-0.1, -0.05) is 33.5 Å². The lowest BCUT2D eigenvalue weighted by atomic mass is 9.84. The van der Waals surface area contributed by atoms with Crippen molar-refractivity contribution in [3.05, 3.63) is 41.7 Å². The van der Waals surface area contributed by atoms with Crippen LogP contribution < -0.4 is 25.3 Å². The van der Waals surface area contributed by atoms with Gasteiger partial charge in [0.05, 0.1) is 70.5 Å². The standard InChI is InChI=1S/C52H80F3N9O9SSi/c1-33(71-7)43-38(27-36(29-56-43)61-20-18-60(19-21-61)34-13-14-34)46-39(28-51(5,6)32-65)37-26-35(15-16-41(37)63(46)31-52(53,54)55)62-22-23-72-42(30-62)44(59-74(70)50(2,3)4)45(57-49(69)73-24-25-75(8,9)10)47(66)64-17-11-12-40(58-64)48(67)68/h15-16,26-27,29,33-34,40,42,44-45,58-59,65H,11-14,17-25,28,30-32H2,1-10H3,(H,57,69)(H,67,68)/t33-,40-,42+,44+,45-,74-/m0/s1. The van der Waals surface area contributed by atoms with Crippen LogP contribution in [-0.4, -0.2) is 174 Å². The monoisotopic (exact) mass is 1090 g/mol. The van der Waals surface area contributed by atoms with E-state index in [1.807, 2.05) is 37.8 Å². The molecule has 0 bridgehead atoms. The van der Waals surface area contributed by atoms with Crippen LogP contribution in [0.5, 0.6) is 0 Å². The van der Waals surface area contributed by atoms with Gasteiger partial charge in [0, 0.05) is 95.8 Å². The molecule has 418 valence electrons. The topological polar surface area (TPSA) is 203 Å². The van der Waals surface area contributed by atoms with Gasteiger partial charge in [0.2, 0.25) is 0 Å². The van der Waals surface area contributed by atoms with Crippen molar-refractivity contribution in [2.24, 2.45) is 5.41 Å². The largest absolute Gasteiger partial charge is 0.480 e. The lowest BCUT2D eigenvalue weighted by Crippen LogP contribution is -2.68. The van der Waals surface area contributed by atoms with Crippen LogP contribution in [0.15, 0.2) is 30.5 Å². The number of amides is 2. The molecular weight excluding hydrogens is 1010 g/mol. The summed E-state index contributed by atoms with van der Waals surface area (Å²) in [6.07, 6.45) is -2.06. The molecule has 0 radical (unpaired) electrons. The van der Waals surface area contributed by atoms with Gasteiger partial charge in [-0.3, -0.25) is 24.5 Å². The molecule has 0 spiro atoms. The van der Waals surface area contributed by atoms with Crippen LogP contribution in [0.1, 0.15) is 84.6 Å². The first-order valence-corrected chi connectivity index (χ1v) is 31.2. The summed E-state index contributed by atoms with van der Waals surface area (Å²) in [4.78, 5) is 52.3. The quantitative estimate of drug-likeness (QED) is 0.0772. The fourth-order valence-corrected chi connectivity index (χ4v) is 11.6. The Balaban J connectivity index is 1.32. The first kappa shape index (κ1) is 58.3. The number of aliphatic carboxylic acids is 1. The number of aliphatic hydroxyl groups is 1. The van der Waals surface area contributed by atoms with Crippen LogP contribution in [0, 0.1) is 5.41 Å². The molecule has 1 saturated carbocycles. The molecule has 0 unspecified atom stereocenters. The summed E-state index contributed by atoms with van der Waals surface area (Å²) in [6, 6.07) is 4.78. The first-order valence-electron chi connectivity index (χ1n) is 26.3. The molecule has 4 aliphatic rings. The highest BCUT2D eigenvalue weighted by atomic mass is 32.2. The van der Waals surface area contributed by atoms with Gasteiger partial charge < -0.3 is 44.1 Å². The molecule has 2 amide bonds. The third kappa shape index (κ3) is 14.8. The second kappa shape index (κ2) is 23.7. The van der Waals surface area contributed by atoms with Gasteiger partial charge >= 0.3 is 18.2 Å². The minimum Gasteiger partial charge on any atom is -0.480 e. The number of hydrogen-bond acceptors (Lipinski definition) is 13. The molecule has 6 atom stereocenters. The molecule has 75 heavy (non-hydrogen) atoms. The number of hydrazine groups is 1. The number of carbonyl (C=O) groups is 3. The van der Waals surface area contributed by atoms with Crippen LogP contribution >= 0.6 is 0 Å². The SMILES string of the molecule is CO[C@@H](C)c1ncc(N2CCN(C3CC3)CC2)cc1-c1c(CC(C)(C)CO)c2cc(N3CCO[C@@H]([C@@H](N[S@@](=O)C(C)(C)C)[C@H](NC(=O)OCC[Si](C)(C)C)C(=O)N4CCC[C@@H](C(=O)O)N4)C3)ccc2n1CC(F)(F)F. The zero-order chi connectivity index (χ0) is 54.8. The summed E-state index contributed by atoms with van der Waals surface area (Å²) < 4.78 is 80.8. The van der Waals surface area contributed by atoms with E-state index < -0.39 is 90.2 Å². The predicted octanol–water partition coefficient (Wildman–Crippen LogP) is 6.46. The van der Waals surface area contributed by atoms with Gasteiger partial charge in [0.25, 0.3) is 5.91 Å². The zero-order valence-electron chi connectivity index (χ0n) is 45.3. The third-order valence-corrected chi connectivity index (χ3v) is 17.9. The highest BCUT2D eigenvalue weighted by molar-refractivity contribution is 7.84. The zero-order valence-corrected chi connectivity index (χ0v) is 47.2. The molecule has 3 aliphatic heterocycles. The highest BCUT2D eigenvalue weighted by Gasteiger charge is 2.45. The molecule has 1 aromatic carbocycles. The van der Waals surface area contributed by atoms with Crippen molar-refractivity contribution in [1.82, 2.24) is 34.9 Å². The number of nitrogens with zero attached hydrogens (tertiary/aromatic N) is 6. The van der Waals surface area contributed by atoms with Gasteiger partial charge in [-0.05, 0) is 101 Å². The van der Waals surface area contributed by atoms with Gasteiger partial charge in [0.1, 0.15) is 18.6 Å². The number of halogens is 3. The minimum atomic E-state index is -4.63. The Hall–Kier alpha value is -4.36. The number of carbonyl (C=O) groups excluding carboxylic acids is 2. The molecular formula is C52H80F3N9O9SSi. The summed E-state index contributed by atoms with van der Waals surface area (Å²) >= 11 is 0. The Kier molecular flexibility index (Phi) is 18.4. The number of carboxylic acid groups (broad SMARTS) is 1. The van der Waals surface area contributed by atoms with Crippen molar-refractivity contribution >= 4 is 59.3 Å². The lowest BCUT2D eigenvalue weighted by molar-refractivity contribution is -0.148. The number of ether oxygens (including phenoxy) is 3. The molecule has 3 saturated heterocycles. The number of anilines is 2. The summed E-state index contributed by atoms with van der Waals surface area (Å²) in [5.41, 5.74) is 5.68. The van der Waals surface area contributed by atoms with E-state index in [-0.39, 0.29) is 45.8 Å². The van der Waals surface area contributed by atoms with Crippen molar-refractivity contribution in [2.75, 3.05) is 82.5 Å². The Bertz CT molecular complexity index is 2530. The van der Waals surface area contributed by atoms with E-state index in [2.05, 4.69) is 44.9 Å². The summed E-state index contributed by atoms with van der Waals surface area (Å²) in [5, 5.41) is 25.1. The maximum atomic E-state index is 15.1. The number of fused-ring (bicyclic) bond motifs is 1. The predicted molar refractivity (Wildman–Crippen MR) is 287 cm³/mol. The van der Waals surface area contributed by atoms with Crippen LogP contribution in [0.3, 0.4) is 0 Å². The number of carboxylic acids is 1. The number of alkyl halides is 3. The van der Waals surface area contributed by atoms with Crippen LogP contribution in [-0.2, 0) is 47.8 Å². The number of alkyl carbamates (subject to hydrolysis) is 1. The van der Waals surface area contributed by atoms with E-state index >= 15 is 13.2 Å². The fourth-order valence-electron chi connectivity index (χ4n) is 10.0. The Labute approximate surface area is 442 Å². The van der Waals surface area contributed by atoms with Crippen molar-refractivity contribution in [1.29, 1.82) is 0 Å². The number of aromatic nitrogens is 2. The molecule has 18 nitrogen and oxygen atoms in total. The molecule has 5 N–H and O–H groups in total. The second-order valence-corrected chi connectivity index (χ2v) is 31.2. The average Bonchev–Trinajstić information content (AvgIpc) is 4.17. The number of hydrogen-bond donors (Lipinski definition) is 5. The summed E-state index contributed by atoms with van der Waals surface area (Å²) in [6.45, 7) is 19.6. The number of methoxy groups -OCH3 is 1. The van der Waals surface area contributed by atoms with E-state index in [4.69, 9.17) is 19.2 Å². The Morgan fingerprint density at radius 1 is 0.987 bits per heavy atom. The molecule has 3 aromatic rings. The van der Waals surface area contributed by atoms with Gasteiger partial charge in [-0.15, -0.1) is 0 Å². The number of nitrogens with one attached hydrogen (secondary N) is 3. The smallest absolute Gasteiger partial charge is 0.407 e. The van der Waals surface area contributed by atoms with Gasteiger partial charge in [-0.2, -0.15) is 13.2 Å². The first-order chi connectivity index (χ1) is 35.2. The third-order valence-electron chi connectivity index (χ3n) is 14.6. The molecule has 2 aromatic heterocycles. The van der Waals surface area contributed by atoms with E-state index in [1.54, 1.807) is 46.2 Å². The van der Waals surface area contributed by atoms with E-state index in [0.717, 1.165) is 31.9 Å². The highest BCUT2D eigenvalue weighted by Crippen LogP contribution is 2.44. The minimum absolute atomic E-state index is 0.0644. The van der Waals surface area contributed by atoms with Crippen LogP contribution in [0.2, 0.25) is 25.7 Å². The van der Waals surface area contributed by atoms with Crippen molar-refractivity contribution in [2.45, 2.75) is 153 Å². The number of rotatable bonds is 20. The molecule has 4 fully saturated rings. The lowest BCUT2D eigenvalue weighted by Gasteiger charge is -2.42. The maximum absolute atomic E-state index is 15.1. The van der Waals surface area contributed by atoms with E-state index in [9.17, 15) is 28.8 Å². The molecule has 1 aliphatic carbocycles. The molecule has 5 heterocycles. The number of morpholine rings is 1. The van der Waals surface area contributed by atoms with Crippen molar-refractivity contribution in [3.63, 3.8) is 0 Å². The number of benzene rings is 1. The average molecular weight is 1090 g/mol. The number of aliphatic hydroxyl groups excluding tert-OH is 1. The molecule has 7 rings (SSSR count). The number of pyridine rings is 1. The van der Waals surface area contributed by atoms with E-state index in [0.29, 0.717) is 64.2 Å². The van der Waals surface area contributed by atoms with Crippen LogP contribution in [0.25, 0.3) is 22.2 Å². The van der Waals surface area contributed by atoms with Crippen molar-refractivity contribution < 1.29 is 56.2 Å². The van der Waals surface area contributed by atoms with Gasteiger partial charge in [0.15, 0.2) is 0 Å². The fraction of sp³-hybridized carbons (Fsp3) is 0.692. The summed E-state index contributed by atoms with van der Waals surface area (Å²) in [5.74, 6) is -1.84. The second-order valence-electron chi connectivity index (χ2n) is 23.6. The molecule has 23 heteroatoms.